The summed E-state index contributed by atoms with van der Waals surface area (Å²) in [6.07, 6.45) is 15.8. The zero-order valence-electron chi connectivity index (χ0n) is 14.5. The van der Waals surface area contributed by atoms with Crippen LogP contribution in [0.4, 0.5) is 0 Å². The quantitative estimate of drug-likeness (QED) is 0.608. The fraction of sp³-hybridized carbons (Fsp3) is 0.667. The summed E-state index contributed by atoms with van der Waals surface area (Å²) in [4.78, 5) is 4.67. The van der Waals surface area contributed by atoms with E-state index in [9.17, 15) is 0 Å². The van der Waals surface area contributed by atoms with Gasteiger partial charge in [-0.15, -0.1) is 0 Å². The van der Waals surface area contributed by atoms with E-state index in [2.05, 4.69) is 58.0 Å². The van der Waals surface area contributed by atoms with Crippen molar-refractivity contribution in [3.8, 4) is 11.6 Å². The summed E-state index contributed by atoms with van der Waals surface area (Å²) in [5, 5.41) is 0. The number of nitrogens with zero attached hydrogens (tertiary/aromatic N) is 4. The van der Waals surface area contributed by atoms with Crippen molar-refractivity contribution in [2.24, 2.45) is 0 Å². The summed E-state index contributed by atoms with van der Waals surface area (Å²) in [7, 11) is 0. The molecule has 4 heteroatoms. The van der Waals surface area contributed by atoms with Crippen LogP contribution in [0.25, 0.3) is 11.6 Å². The molecule has 2 aromatic rings. The molecular weight excluding hydrogens is 272 g/mol. The van der Waals surface area contributed by atoms with Crippen molar-refractivity contribution in [2.75, 3.05) is 0 Å². The maximum atomic E-state index is 4.67. The highest BCUT2D eigenvalue weighted by atomic mass is 15.2. The van der Waals surface area contributed by atoms with Gasteiger partial charge < -0.3 is 4.57 Å². The maximum absolute atomic E-state index is 4.67. The first-order valence-electron chi connectivity index (χ1n) is 8.91. The van der Waals surface area contributed by atoms with Crippen LogP contribution in [-0.2, 0) is 19.6 Å². The number of hydrogen-bond donors (Lipinski definition) is 0. The van der Waals surface area contributed by atoms with Crippen molar-refractivity contribution in [1.29, 1.82) is 0 Å². The molecule has 4 nitrogen and oxygen atoms in total. The Kier molecular flexibility index (Phi) is 6.69. The second-order valence-corrected chi connectivity index (χ2v) is 6.01. The molecule has 0 N–H and O–H groups in total. The van der Waals surface area contributed by atoms with Gasteiger partial charge in [0.25, 0.3) is 0 Å². The zero-order chi connectivity index (χ0) is 15.8. The third-order valence-corrected chi connectivity index (χ3v) is 4.14. The van der Waals surface area contributed by atoms with Crippen LogP contribution in [0.3, 0.4) is 0 Å². The van der Waals surface area contributed by atoms with Crippen LogP contribution in [0.2, 0.25) is 0 Å². The summed E-state index contributed by atoms with van der Waals surface area (Å²) in [6.45, 7) is 9.94. The van der Waals surface area contributed by atoms with E-state index in [0.717, 1.165) is 25.5 Å². The van der Waals surface area contributed by atoms with Crippen molar-refractivity contribution in [2.45, 2.75) is 78.9 Å². The second kappa shape index (κ2) is 8.76. The van der Waals surface area contributed by atoms with Gasteiger partial charge in [0.15, 0.2) is 0 Å². The number of imidazole rings is 2. The van der Waals surface area contributed by atoms with Crippen molar-refractivity contribution >= 4 is 0 Å². The molecule has 0 atom stereocenters. The fourth-order valence-corrected chi connectivity index (χ4v) is 2.77. The van der Waals surface area contributed by atoms with E-state index in [0.29, 0.717) is 0 Å². The average molecular weight is 303 g/mol. The third-order valence-electron chi connectivity index (χ3n) is 4.14. The van der Waals surface area contributed by atoms with Crippen molar-refractivity contribution in [1.82, 2.24) is 14.1 Å². The van der Waals surface area contributed by atoms with E-state index in [1.54, 1.807) is 0 Å². The lowest BCUT2D eigenvalue weighted by Gasteiger charge is -2.08. The normalized spacial score (nSPS) is 11.2. The van der Waals surface area contributed by atoms with Crippen LogP contribution in [-0.4, -0.2) is 14.1 Å². The molecule has 122 valence electrons. The Bertz CT molecular complexity index is 528. The Morgan fingerprint density at radius 3 is 2.27 bits per heavy atom. The summed E-state index contributed by atoms with van der Waals surface area (Å²) in [5.74, 6) is 2.38. The van der Waals surface area contributed by atoms with Gasteiger partial charge in [0.1, 0.15) is 12.4 Å². The first-order valence-corrected chi connectivity index (χ1v) is 8.91. The molecule has 0 aliphatic heterocycles. The predicted octanol–water partition coefficient (Wildman–Crippen LogP) is 4.04. The van der Waals surface area contributed by atoms with E-state index in [4.69, 9.17) is 0 Å². The molecule has 2 aromatic heterocycles. The molecule has 2 heterocycles. The summed E-state index contributed by atoms with van der Waals surface area (Å²) >= 11 is 0. The Morgan fingerprint density at radius 1 is 0.909 bits per heavy atom. The van der Waals surface area contributed by atoms with Gasteiger partial charge in [-0.2, -0.15) is 0 Å². The molecule has 0 saturated carbocycles. The van der Waals surface area contributed by atoms with Gasteiger partial charge in [0, 0.05) is 18.9 Å². The van der Waals surface area contributed by atoms with E-state index < -0.39 is 0 Å². The molecule has 0 spiro atoms. The van der Waals surface area contributed by atoms with Crippen molar-refractivity contribution in [3.63, 3.8) is 0 Å². The summed E-state index contributed by atoms with van der Waals surface area (Å²) < 4.78 is 7.07. The molecule has 0 aliphatic rings. The van der Waals surface area contributed by atoms with Crippen LogP contribution in [0.1, 0.15) is 59.3 Å². The maximum Gasteiger partial charge on any atom is 0.325 e. The molecule has 0 amide bonds. The first-order chi connectivity index (χ1) is 10.8. The van der Waals surface area contributed by atoms with Gasteiger partial charge in [0.05, 0.1) is 13.1 Å². The Hall–Kier alpha value is -1.58. The molecular formula is C18H31N4+. The Balaban J connectivity index is 2.33. The minimum absolute atomic E-state index is 1.05. The van der Waals surface area contributed by atoms with Gasteiger partial charge in [-0.1, -0.05) is 40.0 Å². The van der Waals surface area contributed by atoms with Gasteiger partial charge in [0.2, 0.25) is 5.82 Å². The topological polar surface area (TPSA) is 26.6 Å². The van der Waals surface area contributed by atoms with E-state index in [1.807, 2.05) is 6.20 Å². The summed E-state index contributed by atoms with van der Waals surface area (Å²) in [5.41, 5.74) is 0. The lowest BCUT2D eigenvalue weighted by Crippen LogP contribution is -2.35. The van der Waals surface area contributed by atoms with Gasteiger partial charge in [-0.05, 0) is 19.3 Å². The van der Waals surface area contributed by atoms with E-state index in [-0.39, 0.29) is 0 Å². The Morgan fingerprint density at radius 2 is 1.59 bits per heavy atom. The minimum atomic E-state index is 1.05. The highest BCUT2D eigenvalue weighted by Gasteiger charge is 2.23. The molecule has 0 unspecified atom stereocenters. The van der Waals surface area contributed by atoms with E-state index in [1.165, 1.54) is 44.3 Å². The van der Waals surface area contributed by atoms with Crippen molar-refractivity contribution in [3.05, 3.63) is 24.8 Å². The molecule has 22 heavy (non-hydrogen) atoms. The highest BCUT2D eigenvalue weighted by molar-refractivity contribution is 5.40. The summed E-state index contributed by atoms with van der Waals surface area (Å²) in [6, 6.07) is 0. The lowest BCUT2D eigenvalue weighted by atomic mass is 10.3. The second-order valence-electron chi connectivity index (χ2n) is 6.01. The van der Waals surface area contributed by atoms with Crippen molar-refractivity contribution < 1.29 is 4.57 Å². The molecule has 0 radical (unpaired) electrons. The zero-order valence-corrected chi connectivity index (χ0v) is 14.5. The molecule has 0 fully saturated rings. The lowest BCUT2D eigenvalue weighted by molar-refractivity contribution is -0.686. The van der Waals surface area contributed by atoms with Crippen LogP contribution < -0.4 is 4.57 Å². The first kappa shape index (κ1) is 16.8. The van der Waals surface area contributed by atoms with E-state index >= 15 is 0 Å². The monoisotopic (exact) mass is 303 g/mol. The smallest absolute Gasteiger partial charge is 0.325 e. The average Bonchev–Trinajstić information content (AvgIpc) is 3.14. The number of aryl methyl sites for hydroxylation is 3. The molecule has 0 aliphatic carbocycles. The number of hydrogen-bond acceptors (Lipinski definition) is 1. The Labute approximate surface area is 134 Å². The SMILES string of the molecule is CCCCn1ccnc1-c1n(CCCC)cc[n+]1CCCC. The van der Waals surface area contributed by atoms with Crippen LogP contribution in [0.15, 0.2) is 24.8 Å². The van der Waals surface area contributed by atoms with Gasteiger partial charge in [-0.3, -0.25) is 0 Å². The minimum Gasteiger partial charge on any atom is -0.325 e. The number of rotatable bonds is 10. The largest absolute Gasteiger partial charge is 0.325 e. The van der Waals surface area contributed by atoms with Crippen LogP contribution >= 0.6 is 0 Å². The van der Waals surface area contributed by atoms with Crippen LogP contribution in [0.5, 0.6) is 0 Å². The predicted molar refractivity (Wildman–Crippen MR) is 90.6 cm³/mol. The molecule has 0 saturated heterocycles. The van der Waals surface area contributed by atoms with Gasteiger partial charge in [-0.25, -0.2) is 14.1 Å². The molecule has 2 rings (SSSR count). The number of unbranched alkanes of at least 4 members (excludes halogenated alkanes) is 3. The third kappa shape index (κ3) is 3.99. The fourth-order valence-electron chi connectivity index (χ4n) is 2.77. The van der Waals surface area contributed by atoms with Gasteiger partial charge >= 0.3 is 5.82 Å². The molecule has 0 bridgehead atoms. The number of aromatic nitrogens is 4. The molecule has 0 aromatic carbocycles. The van der Waals surface area contributed by atoms with Crippen LogP contribution in [0, 0.1) is 0 Å². The standard InChI is InChI=1S/C18H31N4/c1-4-7-11-20-14-10-19-17(20)18-21(12-8-5-2)15-16-22(18)13-9-6-3/h10,14-16H,4-9,11-13H2,1-3H3/q+1. The highest BCUT2D eigenvalue weighted by Crippen LogP contribution is 2.16.